The number of aliphatic hydroxyl groups is 1. The molecule has 4 aromatic heterocycles. The molecule has 0 aliphatic rings. The number of pyridine rings is 1. The highest BCUT2D eigenvalue weighted by Crippen LogP contribution is 2.33. The Labute approximate surface area is 199 Å². The Morgan fingerprint density at radius 1 is 1.24 bits per heavy atom. The predicted octanol–water partition coefficient (Wildman–Crippen LogP) is 1.55. The van der Waals surface area contributed by atoms with Crippen LogP contribution in [-0.4, -0.2) is 33.8 Å². The number of aromatic nitrogens is 7. The van der Waals surface area contributed by atoms with E-state index in [-0.39, 0.29) is 45.8 Å². The number of nitrogens with one attached hydrogen (secondary N) is 1. The Morgan fingerprint density at radius 3 is 2.73 bits per heavy atom. The van der Waals surface area contributed by atoms with Crippen LogP contribution in [0.4, 0.5) is 5.95 Å². The number of nitrogens with zero attached hydrogens (tertiary/aromatic N) is 6. The lowest BCUT2D eigenvalue weighted by atomic mass is 10.00. The van der Waals surface area contributed by atoms with Crippen molar-refractivity contribution in [3.63, 3.8) is 0 Å². The number of imidazole rings is 1. The molecule has 5 rings (SSSR count). The molecule has 5 aromatic rings. The van der Waals surface area contributed by atoms with E-state index in [0.29, 0.717) is 11.4 Å². The van der Waals surface area contributed by atoms with Crippen molar-refractivity contribution in [1.82, 2.24) is 28.7 Å². The second kappa shape index (κ2) is 8.15. The van der Waals surface area contributed by atoms with Gasteiger partial charge in [0.15, 0.2) is 0 Å². The Kier molecular flexibility index (Phi) is 3.89. The maximum atomic E-state index is 13.4. The number of hydrogen-bond acceptors (Lipinski definition) is 6. The quantitative estimate of drug-likeness (QED) is 0.376. The topological polar surface area (TPSA) is 130 Å². The van der Waals surface area contributed by atoms with Gasteiger partial charge < -0.3 is 9.67 Å². The van der Waals surface area contributed by atoms with E-state index in [4.69, 9.17) is 24.2 Å². The largest absolute Gasteiger partial charge is 0.411 e. The molecule has 4 N–H and O–H groups in total. The van der Waals surface area contributed by atoms with Crippen molar-refractivity contribution in [1.29, 1.82) is 0 Å². The van der Waals surface area contributed by atoms with Gasteiger partial charge in [0.2, 0.25) is 5.65 Å². The molecule has 11 heteroatoms. The summed E-state index contributed by atoms with van der Waals surface area (Å²) in [5.41, 5.74) is 6.16. The lowest BCUT2D eigenvalue weighted by molar-refractivity contribution is -0.351. The van der Waals surface area contributed by atoms with Gasteiger partial charge in [-0.2, -0.15) is 4.68 Å². The summed E-state index contributed by atoms with van der Waals surface area (Å²) < 4.78 is 45.2. The van der Waals surface area contributed by atoms with Gasteiger partial charge in [-0.05, 0) is 17.7 Å². The molecule has 0 bridgehead atoms. The Bertz CT molecular complexity index is 1790. The second-order valence-corrected chi connectivity index (χ2v) is 7.53. The number of nitrogen functional groups attached to an aromatic ring is 1. The normalized spacial score (nSPS) is 13.5. The van der Waals surface area contributed by atoms with Crippen LogP contribution in [0.1, 0.15) is 18.4 Å². The van der Waals surface area contributed by atoms with Gasteiger partial charge in [0, 0.05) is 25.0 Å². The summed E-state index contributed by atoms with van der Waals surface area (Å²) in [5.74, 6) is 0.351. The van der Waals surface area contributed by atoms with Gasteiger partial charge in [-0.15, -0.1) is 9.50 Å². The lowest BCUT2D eigenvalue weighted by Crippen LogP contribution is -2.28. The van der Waals surface area contributed by atoms with Crippen LogP contribution in [0, 0.1) is 0 Å². The molecule has 0 unspecified atom stereocenters. The maximum absolute atomic E-state index is 13.4. The van der Waals surface area contributed by atoms with Crippen molar-refractivity contribution in [2.24, 2.45) is 7.05 Å². The number of halogens is 1. The molecular formula is C22H20ClN8O2+. The number of rotatable bonds is 5. The van der Waals surface area contributed by atoms with Crippen molar-refractivity contribution in [3.8, 4) is 22.4 Å². The average Bonchev–Trinajstić information content (AvgIpc) is 3.44. The van der Waals surface area contributed by atoms with Crippen molar-refractivity contribution in [3.05, 3.63) is 81.9 Å². The number of hydrogen-bond donors (Lipinski definition) is 2. The standard InChI is InChI=1S/C22H19ClN8O2/c1-29-8-7-25-17(29)11-30-22(33)31-20(28-30)18(14-9-15(12-32)26-16(23)10-14)19(27-21(31)24)13-5-3-2-4-6-13/h2-10,32H,11-12H2,1H3,(H2,24,27)/p+1/i2D,3D,4D,5D,6D. The van der Waals surface area contributed by atoms with Gasteiger partial charge >= 0.3 is 11.6 Å². The number of H-pyrrole nitrogens is 1. The van der Waals surface area contributed by atoms with Crippen LogP contribution in [0.25, 0.3) is 28.0 Å². The molecule has 0 saturated carbocycles. The van der Waals surface area contributed by atoms with Crippen LogP contribution in [0.5, 0.6) is 0 Å². The van der Waals surface area contributed by atoms with Gasteiger partial charge in [-0.3, -0.25) is 5.73 Å². The molecule has 1 aromatic carbocycles. The first-order chi connectivity index (χ1) is 18.0. The van der Waals surface area contributed by atoms with E-state index in [9.17, 15) is 9.90 Å². The average molecular weight is 469 g/mol. The summed E-state index contributed by atoms with van der Waals surface area (Å²) in [6.45, 7) is -0.446. The van der Waals surface area contributed by atoms with Crippen LogP contribution in [0.2, 0.25) is 5.15 Å². The number of fused-ring (bicyclic) bond motifs is 1. The first-order valence-corrected chi connectivity index (χ1v) is 10.1. The van der Waals surface area contributed by atoms with E-state index in [1.54, 1.807) is 24.0 Å². The smallest absolute Gasteiger partial charge is 0.390 e. The summed E-state index contributed by atoms with van der Waals surface area (Å²) in [6, 6.07) is 0.280. The molecule has 0 amide bonds. The fourth-order valence-corrected chi connectivity index (χ4v) is 3.77. The zero-order valence-corrected chi connectivity index (χ0v) is 18.0. The third-order valence-corrected chi connectivity index (χ3v) is 5.26. The SMILES string of the molecule is [2H]c1c([2H])c([2H])c(-c2[nH+]c(N)n3c(=O)n(Cc4nccn4C)nc3c2-c2cc(Cl)nc(CO)c2)c([2H])c1[2H]. The molecule has 33 heavy (non-hydrogen) atoms. The van der Waals surface area contributed by atoms with E-state index >= 15 is 0 Å². The Hall–Kier alpha value is -4.02. The minimum Gasteiger partial charge on any atom is -0.390 e. The number of aliphatic hydroxyl groups excluding tert-OH is 1. The maximum Gasteiger partial charge on any atom is 0.411 e. The third kappa shape index (κ3) is 3.65. The minimum absolute atomic E-state index is 0.00584. The van der Waals surface area contributed by atoms with E-state index in [1.807, 2.05) is 0 Å². The third-order valence-electron chi connectivity index (χ3n) is 5.07. The number of benzene rings is 1. The summed E-state index contributed by atoms with van der Waals surface area (Å²) in [6.07, 6.45) is 3.30. The molecule has 0 atom stereocenters. The Balaban J connectivity index is 1.93. The molecule has 0 saturated heterocycles. The summed E-state index contributed by atoms with van der Waals surface area (Å²) >= 11 is 6.22. The monoisotopic (exact) mass is 468 g/mol. The molecular weight excluding hydrogens is 444 g/mol. The minimum atomic E-state index is -0.604. The zero-order valence-electron chi connectivity index (χ0n) is 22.2. The van der Waals surface area contributed by atoms with Crippen LogP contribution < -0.4 is 16.4 Å². The molecule has 0 spiro atoms. The molecule has 166 valence electrons. The first kappa shape index (κ1) is 15.7. The van der Waals surface area contributed by atoms with Crippen LogP contribution >= 0.6 is 11.6 Å². The number of aromatic amines is 1. The number of nitrogens with two attached hydrogens (primary N) is 1. The van der Waals surface area contributed by atoms with Crippen molar-refractivity contribution < 1.29 is 16.9 Å². The molecule has 0 aliphatic carbocycles. The highest BCUT2D eigenvalue weighted by Gasteiger charge is 2.26. The second-order valence-electron chi connectivity index (χ2n) is 7.14. The van der Waals surface area contributed by atoms with Crippen LogP contribution in [0.15, 0.2) is 59.5 Å². The molecule has 4 heterocycles. The molecule has 0 radical (unpaired) electrons. The van der Waals surface area contributed by atoms with Crippen molar-refractivity contribution in [2.75, 3.05) is 5.73 Å². The molecule has 0 aliphatic heterocycles. The highest BCUT2D eigenvalue weighted by atomic mass is 35.5. The first-order valence-electron chi connectivity index (χ1n) is 12.2. The summed E-state index contributed by atoms with van der Waals surface area (Å²) in [4.78, 5) is 24.5. The van der Waals surface area contributed by atoms with Gasteiger partial charge in [0.1, 0.15) is 23.2 Å². The van der Waals surface area contributed by atoms with Crippen LogP contribution in [0.3, 0.4) is 0 Å². The van der Waals surface area contributed by atoms with E-state index in [2.05, 4.69) is 20.1 Å². The zero-order chi connectivity index (χ0) is 27.5. The fourth-order valence-electron chi connectivity index (χ4n) is 3.54. The highest BCUT2D eigenvalue weighted by molar-refractivity contribution is 6.29. The van der Waals surface area contributed by atoms with Crippen molar-refractivity contribution >= 4 is 23.2 Å². The predicted molar refractivity (Wildman–Crippen MR) is 122 cm³/mol. The van der Waals surface area contributed by atoms with Gasteiger partial charge in [0.05, 0.1) is 24.7 Å². The van der Waals surface area contributed by atoms with E-state index < -0.39 is 42.5 Å². The summed E-state index contributed by atoms with van der Waals surface area (Å²) in [5, 5.41) is 14.2. The van der Waals surface area contributed by atoms with Crippen LogP contribution in [-0.2, 0) is 20.2 Å². The Morgan fingerprint density at radius 2 is 2.03 bits per heavy atom. The summed E-state index contributed by atoms with van der Waals surface area (Å²) in [7, 11) is 1.77. The van der Waals surface area contributed by atoms with E-state index in [1.165, 1.54) is 12.1 Å². The van der Waals surface area contributed by atoms with Gasteiger partial charge in [-0.25, -0.2) is 19.7 Å². The van der Waals surface area contributed by atoms with Crippen molar-refractivity contribution in [2.45, 2.75) is 13.2 Å². The fraction of sp³-hybridized carbons (Fsp3) is 0.136. The van der Waals surface area contributed by atoms with Gasteiger partial charge in [-0.1, -0.05) is 41.8 Å². The number of anilines is 1. The van der Waals surface area contributed by atoms with E-state index in [0.717, 1.165) is 9.08 Å². The van der Waals surface area contributed by atoms with Gasteiger partial charge in [0.25, 0.3) is 0 Å². The lowest BCUT2D eigenvalue weighted by Gasteiger charge is -2.10. The molecule has 10 nitrogen and oxygen atoms in total. The number of aryl methyl sites for hydroxylation is 1. The molecule has 0 fully saturated rings.